The van der Waals surface area contributed by atoms with Crippen LogP contribution in [-0.2, 0) is 11.2 Å². The van der Waals surface area contributed by atoms with Crippen LogP contribution < -0.4 is 9.47 Å². The van der Waals surface area contributed by atoms with Gasteiger partial charge >= 0.3 is 0 Å². The summed E-state index contributed by atoms with van der Waals surface area (Å²) < 4.78 is 10.8. The Morgan fingerprint density at radius 2 is 2.17 bits per heavy atom. The van der Waals surface area contributed by atoms with E-state index in [2.05, 4.69) is 0 Å². The van der Waals surface area contributed by atoms with E-state index in [0.717, 1.165) is 42.1 Å². The van der Waals surface area contributed by atoms with E-state index in [1.807, 2.05) is 39.9 Å². The van der Waals surface area contributed by atoms with Gasteiger partial charge in [0.1, 0.15) is 11.5 Å². The van der Waals surface area contributed by atoms with Crippen molar-refractivity contribution in [1.29, 1.82) is 0 Å². The predicted molar refractivity (Wildman–Crippen MR) is 91.5 cm³/mol. The van der Waals surface area contributed by atoms with Crippen molar-refractivity contribution in [3.63, 3.8) is 0 Å². The molecule has 0 radical (unpaired) electrons. The van der Waals surface area contributed by atoms with Crippen molar-refractivity contribution < 1.29 is 14.3 Å². The zero-order chi connectivity index (χ0) is 16.2. The molecule has 23 heavy (non-hydrogen) atoms. The zero-order valence-electron chi connectivity index (χ0n) is 13.5. The van der Waals surface area contributed by atoms with Crippen molar-refractivity contribution in [1.82, 2.24) is 4.90 Å². The SMILES string of the molecule is COc1ccc(OC)c(C2CCN(C(=O)Cc3ccsc3)C2)c1. The lowest BCUT2D eigenvalue weighted by molar-refractivity contribution is -0.129. The normalized spacial score (nSPS) is 17.3. The molecule has 1 fully saturated rings. The predicted octanol–water partition coefficient (Wildman–Crippen LogP) is 3.32. The monoisotopic (exact) mass is 331 g/mol. The van der Waals surface area contributed by atoms with Crippen LogP contribution in [0, 0.1) is 0 Å². The summed E-state index contributed by atoms with van der Waals surface area (Å²) in [7, 11) is 3.34. The minimum atomic E-state index is 0.202. The lowest BCUT2D eigenvalue weighted by Gasteiger charge is -2.18. The summed E-state index contributed by atoms with van der Waals surface area (Å²) in [4.78, 5) is 14.4. The first-order valence-corrected chi connectivity index (χ1v) is 8.66. The molecule has 1 aromatic heterocycles. The van der Waals surface area contributed by atoms with E-state index in [1.54, 1.807) is 25.6 Å². The highest BCUT2D eigenvalue weighted by Crippen LogP contribution is 2.36. The number of nitrogens with zero attached hydrogens (tertiary/aromatic N) is 1. The van der Waals surface area contributed by atoms with Gasteiger partial charge in [-0.2, -0.15) is 11.3 Å². The van der Waals surface area contributed by atoms with Crippen molar-refractivity contribution in [2.45, 2.75) is 18.8 Å². The Labute approximate surface area is 140 Å². The molecule has 1 unspecified atom stereocenters. The number of hydrogen-bond acceptors (Lipinski definition) is 4. The number of thiophene rings is 1. The fourth-order valence-electron chi connectivity index (χ4n) is 3.08. The molecule has 1 aliphatic heterocycles. The lowest BCUT2D eigenvalue weighted by atomic mass is 9.97. The first-order chi connectivity index (χ1) is 11.2. The van der Waals surface area contributed by atoms with E-state index in [0.29, 0.717) is 12.3 Å². The number of ether oxygens (including phenoxy) is 2. The minimum Gasteiger partial charge on any atom is -0.497 e. The summed E-state index contributed by atoms with van der Waals surface area (Å²) >= 11 is 1.63. The van der Waals surface area contributed by atoms with Gasteiger partial charge in [-0.05, 0) is 47.0 Å². The highest BCUT2D eigenvalue weighted by molar-refractivity contribution is 7.08. The first kappa shape index (κ1) is 15.9. The average Bonchev–Trinajstić information content (AvgIpc) is 3.25. The van der Waals surface area contributed by atoms with Crippen LogP contribution in [0.4, 0.5) is 0 Å². The number of amides is 1. The number of benzene rings is 1. The Balaban J connectivity index is 1.71. The average molecular weight is 331 g/mol. The van der Waals surface area contributed by atoms with Crippen molar-refractivity contribution in [2.75, 3.05) is 27.3 Å². The molecule has 5 heteroatoms. The van der Waals surface area contributed by atoms with Crippen LogP contribution >= 0.6 is 11.3 Å². The van der Waals surface area contributed by atoms with Crippen LogP contribution in [0.15, 0.2) is 35.0 Å². The van der Waals surface area contributed by atoms with Crippen LogP contribution in [0.3, 0.4) is 0 Å². The molecular formula is C18H21NO3S. The Morgan fingerprint density at radius 3 is 2.87 bits per heavy atom. The van der Waals surface area contributed by atoms with E-state index < -0.39 is 0 Å². The van der Waals surface area contributed by atoms with Crippen molar-refractivity contribution in [2.24, 2.45) is 0 Å². The Morgan fingerprint density at radius 1 is 1.30 bits per heavy atom. The first-order valence-electron chi connectivity index (χ1n) is 7.72. The fraction of sp³-hybridized carbons (Fsp3) is 0.389. The maximum atomic E-state index is 12.4. The molecule has 0 bridgehead atoms. The molecule has 0 saturated carbocycles. The number of methoxy groups -OCH3 is 2. The minimum absolute atomic E-state index is 0.202. The second-order valence-electron chi connectivity index (χ2n) is 5.74. The second kappa shape index (κ2) is 7.04. The summed E-state index contributed by atoms with van der Waals surface area (Å²) in [5.41, 5.74) is 2.22. The van der Waals surface area contributed by atoms with Crippen LogP contribution in [0.2, 0.25) is 0 Å². The van der Waals surface area contributed by atoms with Crippen LogP contribution in [-0.4, -0.2) is 38.1 Å². The van der Waals surface area contributed by atoms with E-state index in [4.69, 9.17) is 9.47 Å². The highest BCUT2D eigenvalue weighted by atomic mass is 32.1. The largest absolute Gasteiger partial charge is 0.497 e. The van der Waals surface area contributed by atoms with E-state index in [9.17, 15) is 4.79 Å². The molecular weight excluding hydrogens is 310 g/mol. The molecule has 1 atom stereocenters. The van der Waals surface area contributed by atoms with Gasteiger partial charge in [-0.15, -0.1) is 0 Å². The fourth-order valence-corrected chi connectivity index (χ4v) is 3.75. The Kier molecular flexibility index (Phi) is 4.86. The van der Waals surface area contributed by atoms with Gasteiger partial charge in [-0.1, -0.05) is 0 Å². The quantitative estimate of drug-likeness (QED) is 0.843. The van der Waals surface area contributed by atoms with Crippen LogP contribution in [0.1, 0.15) is 23.5 Å². The topological polar surface area (TPSA) is 38.8 Å². The molecule has 2 heterocycles. The van der Waals surface area contributed by atoms with Gasteiger partial charge in [-0.25, -0.2) is 0 Å². The molecule has 0 spiro atoms. The molecule has 0 aliphatic carbocycles. The molecule has 0 N–H and O–H groups in total. The summed E-state index contributed by atoms with van der Waals surface area (Å²) in [5.74, 6) is 2.19. The molecule has 122 valence electrons. The molecule has 1 amide bonds. The summed E-state index contributed by atoms with van der Waals surface area (Å²) in [6.45, 7) is 1.54. The van der Waals surface area contributed by atoms with Gasteiger partial charge in [0.25, 0.3) is 0 Å². The molecule has 4 nitrogen and oxygen atoms in total. The zero-order valence-corrected chi connectivity index (χ0v) is 14.3. The van der Waals surface area contributed by atoms with Gasteiger partial charge in [0, 0.05) is 24.6 Å². The second-order valence-corrected chi connectivity index (χ2v) is 6.52. The molecule has 1 aromatic carbocycles. The van der Waals surface area contributed by atoms with E-state index in [1.165, 1.54) is 0 Å². The van der Waals surface area contributed by atoms with E-state index >= 15 is 0 Å². The summed E-state index contributed by atoms with van der Waals surface area (Å²) in [5, 5.41) is 4.05. The summed E-state index contributed by atoms with van der Waals surface area (Å²) in [6, 6.07) is 7.87. The number of hydrogen-bond donors (Lipinski definition) is 0. The van der Waals surface area contributed by atoms with Crippen LogP contribution in [0.5, 0.6) is 11.5 Å². The number of rotatable bonds is 5. The van der Waals surface area contributed by atoms with Crippen molar-refractivity contribution in [3.05, 3.63) is 46.2 Å². The lowest BCUT2D eigenvalue weighted by Crippen LogP contribution is -2.29. The third-order valence-corrected chi connectivity index (χ3v) is 5.09. The van der Waals surface area contributed by atoms with Crippen LogP contribution in [0.25, 0.3) is 0 Å². The maximum absolute atomic E-state index is 12.4. The maximum Gasteiger partial charge on any atom is 0.227 e. The van der Waals surface area contributed by atoms with Gasteiger partial charge < -0.3 is 14.4 Å². The van der Waals surface area contributed by atoms with Crippen molar-refractivity contribution >= 4 is 17.2 Å². The standard InChI is InChI=1S/C18H21NO3S/c1-21-15-3-4-17(22-2)16(10-15)14-5-7-19(11-14)18(20)9-13-6-8-23-12-13/h3-4,6,8,10,12,14H,5,7,9,11H2,1-2H3. The Hall–Kier alpha value is -2.01. The Bertz CT molecular complexity index is 669. The van der Waals surface area contributed by atoms with Gasteiger partial charge in [0.05, 0.1) is 20.6 Å². The smallest absolute Gasteiger partial charge is 0.227 e. The molecule has 1 aliphatic rings. The number of likely N-dealkylation sites (tertiary alicyclic amines) is 1. The number of carbonyl (C=O) groups is 1. The molecule has 2 aromatic rings. The third-order valence-electron chi connectivity index (χ3n) is 4.35. The molecule has 1 saturated heterocycles. The highest BCUT2D eigenvalue weighted by Gasteiger charge is 2.29. The van der Waals surface area contributed by atoms with Gasteiger partial charge in [0.2, 0.25) is 5.91 Å². The van der Waals surface area contributed by atoms with Gasteiger partial charge in [-0.3, -0.25) is 4.79 Å². The summed E-state index contributed by atoms with van der Waals surface area (Å²) in [6.07, 6.45) is 1.45. The van der Waals surface area contributed by atoms with E-state index in [-0.39, 0.29) is 5.91 Å². The molecule has 3 rings (SSSR count). The van der Waals surface area contributed by atoms with Crippen molar-refractivity contribution in [3.8, 4) is 11.5 Å². The third kappa shape index (κ3) is 3.50. The number of carbonyl (C=O) groups excluding carboxylic acids is 1. The van der Waals surface area contributed by atoms with Gasteiger partial charge in [0.15, 0.2) is 0 Å².